The summed E-state index contributed by atoms with van der Waals surface area (Å²) < 4.78 is 4.71. The smallest absolute Gasteiger partial charge is 0.337 e. The molecule has 6 heteroatoms. The first-order chi connectivity index (χ1) is 10.6. The standard InChI is InChI=1S/C17H24N2O3.ClH/c1-12-10-14(7-9-18-12)16(20)19-8-6-13-4-3-5-15(11-13)17(21)22-2;/h3-5,11-12,14,18H,6-10H2,1-2H3,(H,19,20);1H/t12-,14-;/m0./s1. The first kappa shape index (κ1) is 19.5. The van der Waals surface area contributed by atoms with Crippen LogP contribution in [0.1, 0.15) is 35.7 Å². The van der Waals surface area contributed by atoms with Gasteiger partial charge in [-0.15, -0.1) is 12.4 Å². The minimum atomic E-state index is -0.338. The van der Waals surface area contributed by atoms with E-state index in [1.807, 2.05) is 18.2 Å². The highest BCUT2D eigenvalue weighted by Crippen LogP contribution is 2.16. The van der Waals surface area contributed by atoms with Crippen molar-refractivity contribution >= 4 is 24.3 Å². The van der Waals surface area contributed by atoms with Crippen molar-refractivity contribution in [2.24, 2.45) is 5.92 Å². The van der Waals surface area contributed by atoms with Gasteiger partial charge < -0.3 is 15.4 Å². The van der Waals surface area contributed by atoms with Crippen molar-refractivity contribution < 1.29 is 14.3 Å². The number of piperidine rings is 1. The number of amides is 1. The van der Waals surface area contributed by atoms with Gasteiger partial charge in [0, 0.05) is 18.5 Å². The van der Waals surface area contributed by atoms with Crippen LogP contribution in [-0.2, 0) is 16.0 Å². The molecule has 128 valence electrons. The Kier molecular flexibility index (Phi) is 8.06. The molecule has 2 atom stereocenters. The van der Waals surface area contributed by atoms with Gasteiger partial charge in [-0.05, 0) is 50.4 Å². The van der Waals surface area contributed by atoms with E-state index < -0.39 is 0 Å². The number of nitrogens with one attached hydrogen (secondary N) is 2. The van der Waals surface area contributed by atoms with Crippen LogP contribution in [0.25, 0.3) is 0 Å². The molecule has 1 saturated heterocycles. The molecular weight excluding hydrogens is 316 g/mol. The summed E-state index contributed by atoms with van der Waals surface area (Å²) >= 11 is 0. The van der Waals surface area contributed by atoms with E-state index in [2.05, 4.69) is 17.6 Å². The average Bonchev–Trinajstić information content (AvgIpc) is 2.54. The van der Waals surface area contributed by atoms with Crippen molar-refractivity contribution in [3.8, 4) is 0 Å². The fourth-order valence-corrected chi connectivity index (χ4v) is 2.82. The lowest BCUT2D eigenvalue weighted by molar-refractivity contribution is -0.126. The Bertz CT molecular complexity index is 536. The molecular formula is C17H25ClN2O3. The number of esters is 1. The van der Waals surface area contributed by atoms with Gasteiger partial charge in [-0.2, -0.15) is 0 Å². The maximum absolute atomic E-state index is 12.1. The van der Waals surface area contributed by atoms with Crippen LogP contribution in [0, 0.1) is 5.92 Å². The fraction of sp³-hybridized carbons (Fsp3) is 0.529. The monoisotopic (exact) mass is 340 g/mol. The lowest BCUT2D eigenvalue weighted by Crippen LogP contribution is -2.42. The highest BCUT2D eigenvalue weighted by Gasteiger charge is 2.24. The van der Waals surface area contributed by atoms with Crippen LogP contribution in [-0.4, -0.2) is 38.1 Å². The van der Waals surface area contributed by atoms with Crippen molar-refractivity contribution in [2.45, 2.75) is 32.2 Å². The maximum Gasteiger partial charge on any atom is 0.337 e. The van der Waals surface area contributed by atoms with Crippen LogP contribution in [0.2, 0.25) is 0 Å². The molecule has 2 rings (SSSR count). The molecule has 5 nitrogen and oxygen atoms in total. The third-order valence-electron chi connectivity index (χ3n) is 4.06. The molecule has 1 aliphatic rings. The summed E-state index contributed by atoms with van der Waals surface area (Å²) in [6.45, 7) is 3.60. The lowest BCUT2D eigenvalue weighted by Gasteiger charge is -2.27. The largest absolute Gasteiger partial charge is 0.465 e. The summed E-state index contributed by atoms with van der Waals surface area (Å²) in [5.41, 5.74) is 1.56. The fourth-order valence-electron chi connectivity index (χ4n) is 2.82. The number of benzene rings is 1. The number of hydrogen-bond donors (Lipinski definition) is 2. The van der Waals surface area contributed by atoms with Gasteiger partial charge in [-0.1, -0.05) is 12.1 Å². The number of hydrogen-bond acceptors (Lipinski definition) is 4. The molecule has 2 N–H and O–H groups in total. The molecule has 1 fully saturated rings. The van der Waals surface area contributed by atoms with E-state index in [9.17, 15) is 9.59 Å². The van der Waals surface area contributed by atoms with Crippen molar-refractivity contribution in [1.29, 1.82) is 0 Å². The van der Waals surface area contributed by atoms with Crippen molar-refractivity contribution in [3.63, 3.8) is 0 Å². The third kappa shape index (κ3) is 5.84. The molecule has 0 spiro atoms. The van der Waals surface area contributed by atoms with Crippen molar-refractivity contribution in [2.75, 3.05) is 20.2 Å². The quantitative estimate of drug-likeness (QED) is 0.804. The SMILES string of the molecule is COC(=O)c1cccc(CCNC(=O)[C@H]2CCN[C@@H](C)C2)c1.Cl. The first-order valence-corrected chi connectivity index (χ1v) is 7.78. The zero-order valence-corrected chi connectivity index (χ0v) is 14.4. The number of rotatable bonds is 5. The highest BCUT2D eigenvalue weighted by molar-refractivity contribution is 5.89. The van der Waals surface area contributed by atoms with E-state index in [4.69, 9.17) is 4.74 Å². The van der Waals surface area contributed by atoms with Gasteiger partial charge in [0.15, 0.2) is 0 Å². The van der Waals surface area contributed by atoms with Crippen LogP contribution in [0.5, 0.6) is 0 Å². The third-order valence-corrected chi connectivity index (χ3v) is 4.06. The van der Waals surface area contributed by atoms with E-state index >= 15 is 0 Å². The summed E-state index contributed by atoms with van der Waals surface area (Å²) in [4.78, 5) is 23.6. The number of carbonyl (C=O) groups is 2. The Morgan fingerprint density at radius 1 is 1.39 bits per heavy atom. The Balaban J connectivity index is 0.00000264. The van der Waals surface area contributed by atoms with E-state index in [-0.39, 0.29) is 30.2 Å². The van der Waals surface area contributed by atoms with Crippen LogP contribution in [0.4, 0.5) is 0 Å². The number of methoxy groups -OCH3 is 1. The molecule has 23 heavy (non-hydrogen) atoms. The summed E-state index contributed by atoms with van der Waals surface area (Å²) in [5, 5.41) is 6.35. The lowest BCUT2D eigenvalue weighted by atomic mass is 9.92. The van der Waals surface area contributed by atoms with E-state index in [1.54, 1.807) is 6.07 Å². The second-order valence-corrected chi connectivity index (χ2v) is 5.81. The minimum absolute atomic E-state index is 0. The predicted octanol–water partition coefficient (Wildman–Crippen LogP) is 1.94. The van der Waals surface area contributed by atoms with Gasteiger partial charge in [0.2, 0.25) is 5.91 Å². The van der Waals surface area contributed by atoms with Crippen molar-refractivity contribution in [1.82, 2.24) is 10.6 Å². The number of halogens is 1. The molecule has 1 aliphatic heterocycles. The zero-order valence-electron chi connectivity index (χ0n) is 13.6. The second-order valence-electron chi connectivity index (χ2n) is 5.81. The van der Waals surface area contributed by atoms with Crippen LogP contribution >= 0.6 is 12.4 Å². The Hall–Kier alpha value is -1.59. The molecule has 1 amide bonds. The topological polar surface area (TPSA) is 67.4 Å². The van der Waals surface area contributed by atoms with Crippen molar-refractivity contribution in [3.05, 3.63) is 35.4 Å². The zero-order chi connectivity index (χ0) is 15.9. The van der Waals surface area contributed by atoms with E-state index in [0.717, 1.165) is 24.9 Å². The summed E-state index contributed by atoms with van der Waals surface area (Å²) in [6, 6.07) is 7.72. The van der Waals surface area contributed by atoms with Crippen LogP contribution in [0.3, 0.4) is 0 Å². The summed E-state index contributed by atoms with van der Waals surface area (Å²) in [7, 11) is 1.37. The molecule has 0 unspecified atom stereocenters. The van der Waals surface area contributed by atoms with Crippen LogP contribution < -0.4 is 10.6 Å². The summed E-state index contributed by atoms with van der Waals surface area (Å²) in [5.74, 6) is -0.0929. The first-order valence-electron chi connectivity index (χ1n) is 7.78. The van der Waals surface area contributed by atoms with Crippen LogP contribution in [0.15, 0.2) is 24.3 Å². The molecule has 0 bridgehead atoms. The van der Waals surface area contributed by atoms with Gasteiger partial charge in [-0.25, -0.2) is 4.79 Å². The molecule has 0 aromatic heterocycles. The average molecular weight is 341 g/mol. The normalized spacial score (nSPS) is 20.3. The molecule has 1 aromatic rings. The van der Waals surface area contributed by atoms with Gasteiger partial charge in [0.1, 0.15) is 0 Å². The van der Waals surface area contributed by atoms with Gasteiger partial charge in [0.25, 0.3) is 0 Å². The van der Waals surface area contributed by atoms with Gasteiger partial charge >= 0.3 is 5.97 Å². The van der Waals surface area contributed by atoms with Gasteiger partial charge in [0.05, 0.1) is 12.7 Å². The number of carbonyl (C=O) groups excluding carboxylic acids is 2. The van der Waals surface area contributed by atoms with E-state index in [1.165, 1.54) is 7.11 Å². The highest BCUT2D eigenvalue weighted by atomic mass is 35.5. The predicted molar refractivity (Wildman–Crippen MR) is 91.9 cm³/mol. The minimum Gasteiger partial charge on any atom is -0.465 e. The molecule has 0 saturated carbocycles. The second kappa shape index (κ2) is 9.53. The molecule has 0 radical (unpaired) electrons. The van der Waals surface area contributed by atoms with E-state index in [0.29, 0.717) is 24.6 Å². The Morgan fingerprint density at radius 2 is 2.17 bits per heavy atom. The Morgan fingerprint density at radius 3 is 2.87 bits per heavy atom. The summed E-state index contributed by atoms with van der Waals surface area (Å²) in [6.07, 6.45) is 2.49. The Labute approximate surface area is 143 Å². The molecule has 1 heterocycles. The maximum atomic E-state index is 12.1. The number of ether oxygens (including phenoxy) is 1. The van der Waals surface area contributed by atoms with Gasteiger partial charge in [-0.3, -0.25) is 4.79 Å². The molecule has 1 aromatic carbocycles. The molecule has 0 aliphatic carbocycles.